The molecule has 0 aliphatic carbocycles. The number of hydrogen-bond acceptors (Lipinski definition) is 5. The molecule has 5 nitrogen and oxygen atoms in total. The van der Waals surface area contributed by atoms with Gasteiger partial charge in [0.25, 0.3) is 0 Å². The second-order valence-electron chi connectivity index (χ2n) is 10.8. The minimum atomic E-state index is -0.316. The summed E-state index contributed by atoms with van der Waals surface area (Å²) in [4.78, 5) is 2.54. The maximum Gasteiger partial charge on any atom is 0.231 e. The summed E-state index contributed by atoms with van der Waals surface area (Å²) in [6.45, 7) is 5.42. The number of anilines is 1. The molecule has 204 valence electrons. The number of nitrogens with zero attached hydrogens (tertiary/aromatic N) is 1. The number of halogens is 1. The Morgan fingerprint density at radius 2 is 1.73 bits per heavy atom. The summed E-state index contributed by atoms with van der Waals surface area (Å²) in [7, 11) is 0. The van der Waals surface area contributed by atoms with Crippen molar-refractivity contribution in [1.82, 2.24) is 0 Å². The number of fused-ring (bicyclic) bond motifs is 5. The van der Waals surface area contributed by atoms with Gasteiger partial charge < -0.3 is 23.8 Å². The lowest BCUT2D eigenvalue weighted by Crippen LogP contribution is -2.36. The van der Waals surface area contributed by atoms with Crippen LogP contribution in [0.3, 0.4) is 0 Å². The first-order chi connectivity index (χ1) is 19.7. The Morgan fingerprint density at radius 3 is 2.55 bits per heavy atom. The lowest BCUT2D eigenvalue weighted by molar-refractivity contribution is 0.173. The average Bonchev–Trinajstić information content (AvgIpc) is 3.68. The molecule has 0 saturated heterocycles. The zero-order chi connectivity index (χ0) is 27.1. The number of ether oxygens (including phenoxy) is 4. The van der Waals surface area contributed by atoms with Gasteiger partial charge in [-0.05, 0) is 52.9 Å². The Bertz CT molecular complexity index is 1560. The first kappa shape index (κ1) is 25.2. The molecule has 1 spiro atoms. The molecule has 1 atom stereocenters. The highest BCUT2D eigenvalue weighted by atomic mass is 35.5. The molecule has 0 amide bonds. The minimum absolute atomic E-state index is 0.243. The lowest BCUT2D eigenvalue weighted by atomic mass is 9.74. The van der Waals surface area contributed by atoms with Crippen LogP contribution in [0.1, 0.15) is 42.9 Å². The lowest BCUT2D eigenvalue weighted by Gasteiger charge is -2.26. The highest BCUT2D eigenvalue weighted by Gasteiger charge is 2.51. The molecular formula is C34H32ClNO4. The summed E-state index contributed by atoms with van der Waals surface area (Å²) < 4.78 is 23.9. The van der Waals surface area contributed by atoms with Gasteiger partial charge in [-0.2, -0.15) is 0 Å². The molecule has 0 bridgehead atoms. The van der Waals surface area contributed by atoms with Crippen molar-refractivity contribution in [2.45, 2.75) is 38.2 Å². The summed E-state index contributed by atoms with van der Waals surface area (Å²) in [5.41, 5.74) is 6.75. The fourth-order valence-corrected chi connectivity index (χ4v) is 6.58. The molecule has 7 rings (SSSR count). The molecule has 0 N–H and O–H groups in total. The van der Waals surface area contributed by atoms with Gasteiger partial charge in [0.15, 0.2) is 11.5 Å². The molecule has 40 heavy (non-hydrogen) atoms. The highest BCUT2D eigenvalue weighted by Crippen LogP contribution is 2.57. The van der Waals surface area contributed by atoms with E-state index < -0.39 is 0 Å². The normalized spacial score (nSPS) is 18.1. The molecule has 3 heterocycles. The van der Waals surface area contributed by atoms with Crippen LogP contribution in [0.4, 0.5) is 5.69 Å². The van der Waals surface area contributed by atoms with E-state index in [-0.39, 0.29) is 12.2 Å². The summed E-state index contributed by atoms with van der Waals surface area (Å²) in [6, 6.07) is 27.0. The van der Waals surface area contributed by atoms with Gasteiger partial charge in [-0.1, -0.05) is 79.9 Å². The number of hydrogen-bond donors (Lipinski definition) is 0. The SMILES string of the molecule is CCCCCN1CC2(COc3cc4c(cc32)OCO4)c2c(-c3ccc(OCc4ccccc4)c(Cl)c3)cccc21. The van der Waals surface area contributed by atoms with E-state index in [2.05, 4.69) is 54.3 Å². The monoisotopic (exact) mass is 553 g/mol. The molecule has 0 fully saturated rings. The van der Waals surface area contributed by atoms with Crippen LogP contribution in [0.5, 0.6) is 23.0 Å². The van der Waals surface area contributed by atoms with Crippen molar-refractivity contribution in [3.63, 3.8) is 0 Å². The van der Waals surface area contributed by atoms with Crippen molar-refractivity contribution >= 4 is 17.3 Å². The Balaban J connectivity index is 1.29. The van der Waals surface area contributed by atoms with Crippen LogP contribution in [-0.4, -0.2) is 26.5 Å². The molecule has 4 aromatic carbocycles. The average molecular weight is 554 g/mol. The van der Waals surface area contributed by atoms with E-state index in [1.165, 1.54) is 29.7 Å². The van der Waals surface area contributed by atoms with E-state index in [0.29, 0.717) is 24.0 Å². The molecular weight excluding hydrogens is 522 g/mol. The fourth-order valence-electron chi connectivity index (χ4n) is 6.34. The zero-order valence-corrected chi connectivity index (χ0v) is 23.4. The Morgan fingerprint density at radius 1 is 0.875 bits per heavy atom. The first-order valence-electron chi connectivity index (χ1n) is 14.1. The van der Waals surface area contributed by atoms with Gasteiger partial charge in [-0.25, -0.2) is 0 Å². The third-order valence-electron chi connectivity index (χ3n) is 8.30. The third-order valence-corrected chi connectivity index (χ3v) is 8.59. The molecule has 1 unspecified atom stereocenters. The van der Waals surface area contributed by atoms with Crippen molar-refractivity contribution < 1.29 is 18.9 Å². The Kier molecular flexibility index (Phi) is 6.47. The van der Waals surface area contributed by atoms with E-state index in [9.17, 15) is 0 Å². The molecule has 4 aromatic rings. The molecule has 0 radical (unpaired) electrons. The summed E-state index contributed by atoms with van der Waals surface area (Å²) in [6.07, 6.45) is 3.56. The van der Waals surface area contributed by atoms with Crippen molar-refractivity contribution in [1.29, 1.82) is 0 Å². The van der Waals surface area contributed by atoms with Crippen molar-refractivity contribution in [2.75, 3.05) is 31.4 Å². The van der Waals surface area contributed by atoms with Crippen LogP contribution < -0.4 is 23.8 Å². The van der Waals surface area contributed by atoms with Crippen LogP contribution in [0.25, 0.3) is 11.1 Å². The van der Waals surface area contributed by atoms with Crippen LogP contribution in [-0.2, 0) is 12.0 Å². The van der Waals surface area contributed by atoms with Crippen LogP contribution in [0.2, 0.25) is 5.02 Å². The maximum atomic E-state index is 6.82. The molecule has 0 aromatic heterocycles. The highest BCUT2D eigenvalue weighted by molar-refractivity contribution is 6.32. The fraction of sp³-hybridized carbons (Fsp3) is 0.294. The van der Waals surface area contributed by atoms with Gasteiger partial charge >= 0.3 is 0 Å². The summed E-state index contributed by atoms with van der Waals surface area (Å²) in [5.74, 6) is 3.10. The maximum absolute atomic E-state index is 6.82. The van der Waals surface area contributed by atoms with Gasteiger partial charge in [-0.15, -0.1) is 0 Å². The second-order valence-corrected chi connectivity index (χ2v) is 11.2. The summed E-state index contributed by atoms with van der Waals surface area (Å²) >= 11 is 6.82. The van der Waals surface area contributed by atoms with Crippen molar-refractivity contribution in [3.8, 4) is 34.1 Å². The van der Waals surface area contributed by atoms with Gasteiger partial charge in [-0.3, -0.25) is 0 Å². The van der Waals surface area contributed by atoms with E-state index in [1.807, 2.05) is 36.4 Å². The van der Waals surface area contributed by atoms with E-state index >= 15 is 0 Å². The van der Waals surface area contributed by atoms with E-state index in [1.54, 1.807) is 0 Å². The predicted octanol–water partition coefficient (Wildman–Crippen LogP) is 8.00. The van der Waals surface area contributed by atoms with E-state index in [0.717, 1.165) is 53.4 Å². The summed E-state index contributed by atoms with van der Waals surface area (Å²) in [5, 5.41) is 0.601. The van der Waals surface area contributed by atoms with Crippen molar-refractivity contribution in [3.05, 3.63) is 101 Å². The predicted molar refractivity (Wildman–Crippen MR) is 158 cm³/mol. The minimum Gasteiger partial charge on any atom is -0.492 e. The smallest absolute Gasteiger partial charge is 0.231 e. The number of unbranched alkanes of at least 4 members (excludes halogenated alkanes) is 2. The number of rotatable bonds is 8. The third kappa shape index (κ3) is 4.24. The van der Waals surface area contributed by atoms with E-state index in [4.69, 9.17) is 30.5 Å². The largest absolute Gasteiger partial charge is 0.492 e. The zero-order valence-electron chi connectivity index (χ0n) is 22.6. The topological polar surface area (TPSA) is 40.2 Å². The standard InChI is InChI=1S/C34H32ClNO4/c1-2-3-7-15-36-20-34(21-38-30-18-32-31(17-26(30)34)39-22-40-32)33-25(11-8-12-28(33)36)24-13-14-29(27(35)16-24)37-19-23-9-5-4-6-10-23/h4-6,8-14,16-18H,2-3,7,15,19-22H2,1H3. The quantitative estimate of drug-likeness (QED) is 0.207. The van der Waals surface area contributed by atoms with Crippen LogP contribution in [0.15, 0.2) is 78.9 Å². The van der Waals surface area contributed by atoms with Gasteiger partial charge in [0, 0.05) is 30.4 Å². The van der Waals surface area contributed by atoms with Gasteiger partial charge in [0.1, 0.15) is 24.7 Å². The van der Waals surface area contributed by atoms with Gasteiger partial charge in [0.05, 0.1) is 10.4 Å². The van der Waals surface area contributed by atoms with Crippen molar-refractivity contribution in [2.24, 2.45) is 0 Å². The Hall–Kier alpha value is -3.83. The molecule has 3 aliphatic heterocycles. The van der Waals surface area contributed by atoms with Gasteiger partial charge in [0.2, 0.25) is 6.79 Å². The first-order valence-corrected chi connectivity index (χ1v) is 14.5. The Labute approximate surface area is 240 Å². The molecule has 0 saturated carbocycles. The van der Waals surface area contributed by atoms with Crippen LogP contribution >= 0.6 is 11.6 Å². The van der Waals surface area contributed by atoms with Crippen LogP contribution in [0, 0.1) is 0 Å². The molecule has 6 heteroatoms. The molecule has 3 aliphatic rings. The second kappa shape index (κ2) is 10.3. The number of benzene rings is 4.